The smallest absolute Gasteiger partial charge is 0.000274 e. The van der Waals surface area contributed by atoms with Crippen LogP contribution in [0.5, 0.6) is 0 Å². The van der Waals surface area contributed by atoms with Gasteiger partial charge >= 0.3 is 0 Å². The fourth-order valence-corrected chi connectivity index (χ4v) is 2.52. The van der Waals surface area contributed by atoms with E-state index in [1.165, 1.54) is 30.4 Å². The summed E-state index contributed by atoms with van der Waals surface area (Å²) in [6.07, 6.45) is 3.63. The fraction of sp³-hybridized carbons (Fsp3) is 0.700. The summed E-state index contributed by atoms with van der Waals surface area (Å²) in [5.41, 5.74) is 3.31. The van der Waals surface area contributed by atoms with Crippen LogP contribution in [0.15, 0.2) is 24.3 Å². The van der Waals surface area contributed by atoms with Crippen molar-refractivity contribution in [3.05, 3.63) is 35.4 Å². The number of nitrogens with one attached hydrogen (secondary N) is 1. The van der Waals surface area contributed by atoms with Crippen molar-refractivity contribution in [1.29, 1.82) is 0 Å². The molecule has 0 saturated heterocycles. The predicted molar refractivity (Wildman–Crippen MR) is 95.0 cm³/mol. The number of hydrogen-bond donors (Lipinski definition) is 1. The van der Waals surface area contributed by atoms with Crippen LogP contribution in [0.25, 0.3) is 0 Å². The molecule has 1 unspecified atom stereocenters. The van der Waals surface area contributed by atoms with Gasteiger partial charge in [-0.25, -0.2) is 0 Å². The summed E-state index contributed by atoms with van der Waals surface area (Å²) in [6, 6.07) is 9.26. The summed E-state index contributed by atoms with van der Waals surface area (Å²) in [5, 5.41) is 3.59. The zero-order valence-electron chi connectivity index (χ0n) is 15.0. The Bertz CT molecular complexity index is 389. The lowest BCUT2D eigenvalue weighted by atomic mass is 9.85. The Kier molecular flexibility index (Phi) is 7.45. The molecule has 0 aliphatic heterocycles. The van der Waals surface area contributed by atoms with E-state index in [1.807, 2.05) is 0 Å². The SMILES string of the molecule is CCC(C)c1ccc(CCC(C)(C)CNCC(C)C)cc1. The van der Waals surface area contributed by atoms with E-state index in [9.17, 15) is 0 Å². The number of rotatable bonds is 9. The Morgan fingerprint density at radius 3 is 2.19 bits per heavy atom. The summed E-state index contributed by atoms with van der Waals surface area (Å²) < 4.78 is 0. The molecule has 0 aromatic heterocycles. The Labute approximate surface area is 132 Å². The van der Waals surface area contributed by atoms with Gasteiger partial charge in [0.05, 0.1) is 0 Å². The molecule has 0 amide bonds. The lowest BCUT2D eigenvalue weighted by molar-refractivity contribution is 0.308. The largest absolute Gasteiger partial charge is 0.316 e. The van der Waals surface area contributed by atoms with Crippen LogP contribution in [0.2, 0.25) is 0 Å². The molecule has 0 fully saturated rings. The van der Waals surface area contributed by atoms with Crippen molar-refractivity contribution in [1.82, 2.24) is 5.32 Å². The molecule has 1 rings (SSSR count). The van der Waals surface area contributed by atoms with Crippen LogP contribution in [-0.4, -0.2) is 13.1 Å². The predicted octanol–water partition coefficient (Wildman–Crippen LogP) is 5.40. The second-order valence-electron chi connectivity index (χ2n) is 7.74. The monoisotopic (exact) mass is 289 g/mol. The topological polar surface area (TPSA) is 12.0 Å². The zero-order valence-corrected chi connectivity index (χ0v) is 15.0. The minimum absolute atomic E-state index is 0.365. The maximum Gasteiger partial charge on any atom is 0.000274 e. The molecule has 0 bridgehead atoms. The fourth-order valence-electron chi connectivity index (χ4n) is 2.52. The van der Waals surface area contributed by atoms with Crippen LogP contribution in [0.4, 0.5) is 0 Å². The molecule has 1 nitrogen and oxygen atoms in total. The molecule has 1 aromatic carbocycles. The molecular weight excluding hydrogens is 254 g/mol. The van der Waals surface area contributed by atoms with E-state index in [-0.39, 0.29) is 0 Å². The molecule has 0 aliphatic carbocycles. The van der Waals surface area contributed by atoms with Crippen LogP contribution >= 0.6 is 0 Å². The van der Waals surface area contributed by atoms with Gasteiger partial charge in [0.25, 0.3) is 0 Å². The van der Waals surface area contributed by atoms with Gasteiger partial charge in [-0.2, -0.15) is 0 Å². The molecule has 0 heterocycles. The maximum absolute atomic E-state index is 3.59. The van der Waals surface area contributed by atoms with Crippen molar-refractivity contribution in [2.75, 3.05) is 13.1 Å². The van der Waals surface area contributed by atoms with Gasteiger partial charge in [0.15, 0.2) is 0 Å². The lowest BCUT2D eigenvalue weighted by Crippen LogP contribution is -2.32. The minimum Gasteiger partial charge on any atom is -0.316 e. The first-order chi connectivity index (χ1) is 9.84. The second-order valence-corrected chi connectivity index (χ2v) is 7.74. The molecular formula is C20H35N. The Balaban J connectivity index is 2.43. The molecule has 21 heavy (non-hydrogen) atoms. The molecule has 0 saturated carbocycles. The van der Waals surface area contributed by atoms with Crippen LogP contribution in [0, 0.1) is 11.3 Å². The maximum atomic E-state index is 3.59. The summed E-state index contributed by atoms with van der Waals surface area (Å²) >= 11 is 0. The van der Waals surface area contributed by atoms with Gasteiger partial charge in [-0.05, 0) is 54.2 Å². The quantitative estimate of drug-likeness (QED) is 0.641. The van der Waals surface area contributed by atoms with E-state index in [4.69, 9.17) is 0 Å². The van der Waals surface area contributed by atoms with Crippen molar-refractivity contribution >= 4 is 0 Å². The lowest BCUT2D eigenvalue weighted by Gasteiger charge is -2.26. The normalized spacial score (nSPS) is 13.7. The first kappa shape index (κ1) is 18.2. The van der Waals surface area contributed by atoms with Gasteiger partial charge in [-0.1, -0.05) is 65.8 Å². The average molecular weight is 290 g/mol. The molecule has 0 radical (unpaired) electrons. The van der Waals surface area contributed by atoms with Gasteiger partial charge in [0, 0.05) is 6.54 Å². The summed E-state index contributed by atoms with van der Waals surface area (Å²) in [5.74, 6) is 1.41. The molecule has 120 valence electrons. The highest BCUT2D eigenvalue weighted by Crippen LogP contribution is 2.24. The number of hydrogen-bond acceptors (Lipinski definition) is 1. The number of benzene rings is 1. The standard InChI is InChI=1S/C20H35N/c1-7-17(4)19-10-8-18(9-11-19)12-13-20(5,6)15-21-14-16(2)3/h8-11,16-17,21H,7,12-15H2,1-6H3. The van der Waals surface area contributed by atoms with Crippen LogP contribution in [-0.2, 0) is 6.42 Å². The first-order valence-corrected chi connectivity index (χ1v) is 8.63. The van der Waals surface area contributed by atoms with E-state index in [2.05, 4.69) is 71.1 Å². The highest BCUT2D eigenvalue weighted by Gasteiger charge is 2.17. The molecule has 1 atom stereocenters. The van der Waals surface area contributed by atoms with Crippen molar-refractivity contribution in [2.45, 2.75) is 66.7 Å². The van der Waals surface area contributed by atoms with Crippen LogP contribution in [0.1, 0.15) is 71.4 Å². The van der Waals surface area contributed by atoms with Gasteiger partial charge in [-0.15, -0.1) is 0 Å². The first-order valence-electron chi connectivity index (χ1n) is 8.63. The van der Waals surface area contributed by atoms with Gasteiger partial charge in [-0.3, -0.25) is 0 Å². The summed E-state index contributed by atoms with van der Waals surface area (Å²) in [4.78, 5) is 0. The second kappa shape index (κ2) is 8.58. The molecule has 1 heteroatoms. The highest BCUT2D eigenvalue weighted by molar-refractivity contribution is 5.25. The van der Waals surface area contributed by atoms with E-state index >= 15 is 0 Å². The van der Waals surface area contributed by atoms with E-state index in [1.54, 1.807) is 0 Å². The molecule has 0 spiro atoms. The van der Waals surface area contributed by atoms with E-state index < -0.39 is 0 Å². The summed E-state index contributed by atoms with van der Waals surface area (Å²) in [7, 11) is 0. The summed E-state index contributed by atoms with van der Waals surface area (Å²) in [6.45, 7) is 16.0. The van der Waals surface area contributed by atoms with Crippen LogP contribution in [0.3, 0.4) is 0 Å². The van der Waals surface area contributed by atoms with Gasteiger partial charge in [0.2, 0.25) is 0 Å². The average Bonchev–Trinajstić information content (AvgIpc) is 2.44. The van der Waals surface area contributed by atoms with E-state index in [0.29, 0.717) is 11.3 Å². The van der Waals surface area contributed by atoms with Crippen molar-refractivity contribution in [3.8, 4) is 0 Å². The third-order valence-corrected chi connectivity index (χ3v) is 4.41. The van der Waals surface area contributed by atoms with E-state index in [0.717, 1.165) is 19.0 Å². The zero-order chi connectivity index (χ0) is 15.9. The minimum atomic E-state index is 0.365. The number of aryl methyl sites for hydroxylation is 1. The van der Waals surface area contributed by atoms with Gasteiger partial charge < -0.3 is 5.32 Å². The Morgan fingerprint density at radius 2 is 1.67 bits per heavy atom. The highest BCUT2D eigenvalue weighted by atomic mass is 14.9. The third-order valence-electron chi connectivity index (χ3n) is 4.41. The Morgan fingerprint density at radius 1 is 1.05 bits per heavy atom. The van der Waals surface area contributed by atoms with Gasteiger partial charge in [0.1, 0.15) is 0 Å². The van der Waals surface area contributed by atoms with Crippen LogP contribution < -0.4 is 5.32 Å². The van der Waals surface area contributed by atoms with Crippen molar-refractivity contribution in [2.24, 2.45) is 11.3 Å². The third kappa shape index (κ3) is 7.13. The molecule has 1 aromatic rings. The molecule has 1 N–H and O–H groups in total. The Hall–Kier alpha value is -0.820. The molecule has 0 aliphatic rings. The van der Waals surface area contributed by atoms with Crippen molar-refractivity contribution in [3.63, 3.8) is 0 Å². The van der Waals surface area contributed by atoms with Crippen molar-refractivity contribution < 1.29 is 0 Å².